The van der Waals surface area contributed by atoms with Gasteiger partial charge in [-0.05, 0) is 32.2 Å². The average molecular weight is 194 g/mol. The van der Waals surface area contributed by atoms with Crippen molar-refractivity contribution in [1.82, 2.24) is 0 Å². The Morgan fingerprint density at radius 2 is 1.70 bits per heavy atom. The quantitative estimate of drug-likeness (QED) is 0.527. The Balaban J connectivity index is 2.00. The van der Waals surface area contributed by atoms with Crippen LogP contribution in [0.3, 0.4) is 0 Å². The van der Waals surface area contributed by atoms with E-state index in [1.54, 1.807) is 0 Å². The monoisotopic (exact) mass is 194 g/mol. The maximum Gasteiger partial charge on any atom is -0.00250 e. The Labute approximate surface area is 71.5 Å². The van der Waals surface area contributed by atoms with Crippen LogP contribution in [0.5, 0.6) is 0 Å². The molecule has 0 saturated carbocycles. The van der Waals surface area contributed by atoms with E-state index in [2.05, 4.69) is 11.4 Å². The second-order valence-electron chi connectivity index (χ2n) is 2.65. The topological polar surface area (TPSA) is 0 Å². The fourth-order valence-electron chi connectivity index (χ4n) is 1.07. The molecule has 10 heavy (non-hydrogen) atoms. The summed E-state index contributed by atoms with van der Waals surface area (Å²) in [4.78, 5) is 0. The molecule has 0 amide bonds. The molecule has 0 aliphatic carbocycles. The van der Waals surface area contributed by atoms with Gasteiger partial charge >= 0.3 is 0 Å². The zero-order valence-corrected chi connectivity index (χ0v) is 9.17. The van der Waals surface area contributed by atoms with Crippen molar-refractivity contribution in [2.24, 2.45) is 0 Å². The van der Waals surface area contributed by atoms with E-state index in [4.69, 9.17) is 0 Å². The van der Waals surface area contributed by atoms with Crippen LogP contribution >= 0.6 is 27.1 Å². The molecule has 1 aliphatic heterocycles. The Morgan fingerprint density at radius 3 is 2.70 bits per heavy atom. The molecular weight excluding hydrogens is 178 g/mol. The van der Waals surface area contributed by atoms with E-state index in [0.29, 0.717) is 0 Å². The van der Waals surface area contributed by atoms with Crippen molar-refractivity contribution in [3.63, 3.8) is 0 Å². The van der Waals surface area contributed by atoms with Gasteiger partial charge in [-0.3, -0.25) is 0 Å². The van der Waals surface area contributed by atoms with E-state index in [1.807, 2.05) is 0 Å². The van der Waals surface area contributed by atoms with Crippen molar-refractivity contribution in [3.8, 4) is 0 Å². The van der Waals surface area contributed by atoms with Crippen molar-refractivity contribution in [2.45, 2.75) is 32.1 Å². The molecule has 0 radical (unpaired) electrons. The minimum Gasteiger partial charge on any atom is -0.133 e. The van der Waals surface area contributed by atoms with E-state index in [-0.39, 0.29) is 0 Å². The summed E-state index contributed by atoms with van der Waals surface area (Å²) in [7, 11) is 2.50. The lowest BCUT2D eigenvalue weighted by molar-refractivity contribution is 0.662. The lowest BCUT2D eigenvalue weighted by Gasteiger charge is -2.05. The van der Waals surface area contributed by atoms with Crippen LogP contribution in [0.2, 0.25) is 0 Å². The zero-order valence-electron chi connectivity index (χ0n) is 6.36. The number of rotatable bonds is 0. The van der Waals surface area contributed by atoms with Gasteiger partial charge in [0, 0.05) is 0 Å². The van der Waals surface area contributed by atoms with E-state index in [0.717, 1.165) is 0 Å². The first-order chi connectivity index (χ1) is 5.00. The van der Waals surface area contributed by atoms with Gasteiger partial charge in [-0.1, -0.05) is 27.5 Å². The standard InChI is InChI=1S/C7H16P2S/c1-2-4-6-8-9-10-7-5-3-1/h8-9H,1-7H2. The highest BCUT2D eigenvalue weighted by Gasteiger charge is 1.95. The fraction of sp³-hybridized carbons (Fsp3) is 1.00. The van der Waals surface area contributed by atoms with E-state index >= 15 is 0 Å². The maximum absolute atomic E-state index is 2.19. The number of hydrogen-bond donors (Lipinski definition) is 0. The molecule has 0 spiro atoms. The van der Waals surface area contributed by atoms with Crippen LogP contribution in [0.25, 0.3) is 0 Å². The lowest BCUT2D eigenvalue weighted by Crippen LogP contribution is -1.83. The Hall–Kier alpha value is 1.21. The molecule has 1 saturated heterocycles. The summed E-state index contributed by atoms with van der Waals surface area (Å²) in [5.41, 5.74) is 0. The second kappa shape index (κ2) is 6.89. The third-order valence-corrected chi connectivity index (χ3v) is 7.90. The summed E-state index contributed by atoms with van der Waals surface area (Å²) in [5.74, 6) is 1.44. The Bertz CT molecular complexity index is 44.8. The van der Waals surface area contributed by atoms with Crippen molar-refractivity contribution in [3.05, 3.63) is 0 Å². The third-order valence-electron chi connectivity index (χ3n) is 1.69. The van der Waals surface area contributed by atoms with Gasteiger partial charge in [0.15, 0.2) is 0 Å². The first-order valence-corrected chi connectivity index (χ1v) is 9.01. The molecule has 1 rings (SSSR count). The minimum absolute atomic E-state index is 1.23. The smallest absolute Gasteiger partial charge is 0.00250 e. The minimum atomic E-state index is 1.23. The average Bonchev–Trinajstić information content (AvgIpc) is 2.01. The van der Waals surface area contributed by atoms with Gasteiger partial charge in [0.25, 0.3) is 0 Å². The summed E-state index contributed by atoms with van der Waals surface area (Å²) in [6, 6.07) is 0. The van der Waals surface area contributed by atoms with E-state index in [9.17, 15) is 0 Å². The summed E-state index contributed by atoms with van der Waals surface area (Å²) in [5, 5.41) is 0. The predicted octanol–water partition coefficient (Wildman–Crippen LogP) is 3.87. The highest BCUT2D eigenvalue weighted by atomic mass is 32.9. The molecular formula is C7H16P2S. The first kappa shape index (κ1) is 9.30. The normalized spacial score (nSPS) is 28.8. The SMILES string of the molecule is C1CCCPPSCCC1. The van der Waals surface area contributed by atoms with Crippen LogP contribution in [-0.2, 0) is 0 Å². The second-order valence-corrected chi connectivity index (χ2v) is 8.78. The molecule has 0 N–H and O–H groups in total. The van der Waals surface area contributed by atoms with Crippen LogP contribution in [0.15, 0.2) is 0 Å². The van der Waals surface area contributed by atoms with Gasteiger partial charge in [0.1, 0.15) is 0 Å². The van der Waals surface area contributed by atoms with Gasteiger partial charge < -0.3 is 0 Å². The maximum atomic E-state index is 2.19. The van der Waals surface area contributed by atoms with E-state index in [1.165, 1.54) is 59.8 Å². The highest BCUT2D eigenvalue weighted by Crippen LogP contribution is 2.48. The van der Waals surface area contributed by atoms with Crippen LogP contribution in [0.4, 0.5) is 0 Å². The molecule has 0 bridgehead atoms. The molecule has 1 aliphatic rings. The zero-order chi connectivity index (χ0) is 7.07. The molecule has 3 heteroatoms. The summed E-state index contributed by atoms with van der Waals surface area (Å²) in [6.45, 7) is 0. The molecule has 60 valence electrons. The molecule has 0 aromatic rings. The molecule has 2 atom stereocenters. The van der Waals surface area contributed by atoms with Crippen molar-refractivity contribution in [2.75, 3.05) is 11.9 Å². The van der Waals surface area contributed by atoms with Crippen molar-refractivity contribution >= 4 is 27.1 Å². The molecule has 0 aromatic carbocycles. The van der Waals surface area contributed by atoms with Crippen molar-refractivity contribution < 1.29 is 0 Å². The van der Waals surface area contributed by atoms with Gasteiger partial charge in [-0.15, -0.1) is 11.4 Å². The van der Waals surface area contributed by atoms with Crippen LogP contribution in [0.1, 0.15) is 32.1 Å². The first-order valence-electron chi connectivity index (χ1n) is 4.10. The molecule has 0 nitrogen and oxygen atoms in total. The van der Waals surface area contributed by atoms with Gasteiger partial charge in [0.2, 0.25) is 0 Å². The highest BCUT2D eigenvalue weighted by molar-refractivity contribution is 8.67. The van der Waals surface area contributed by atoms with Gasteiger partial charge in [0.05, 0.1) is 0 Å². The largest absolute Gasteiger partial charge is 0.133 e. The summed E-state index contributed by atoms with van der Waals surface area (Å²) >= 11 is 2.19. The third kappa shape index (κ3) is 4.94. The van der Waals surface area contributed by atoms with Gasteiger partial charge in [-0.2, -0.15) is 0 Å². The molecule has 2 unspecified atom stereocenters. The van der Waals surface area contributed by atoms with Crippen LogP contribution in [0, 0.1) is 0 Å². The summed E-state index contributed by atoms with van der Waals surface area (Å²) < 4.78 is 0. The van der Waals surface area contributed by atoms with Crippen LogP contribution in [-0.4, -0.2) is 11.9 Å². The summed E-state index contributed by atoms with van der Waals surface area (Å²) in [6.07, 6.45) is 8.98. The van der Waals surface area contributed by atoms with Crippen LogP contribution < -0.4 is 0 Å². The lowest BCUT2D eigenvalue weighted by atomic mass is 10.2. The Kier molecular flexibility index (Phi) is 6.41. The fourth-order valence-corrected chi connectivity index (χ4v) is 6.79. The Morgan fingerprint density at radius 1 is 0.900 bits per heavy atom. The predicted molar refractivity (Wildman–Crippen MR) is 57.0 cm³/mol. The number of hydrogen-bond acceptors (Lipinski definition) is 1. The van der Waals surface area contributed by atoms with E-state index < -0.39 is 0 Å². The van der Waals surface area contributed by atoms with Gasteiger partial charge in [-0.25, -0.2) is 0 Å². The molecule has 0 aromatic heterocycles. The molecule has 1 heterocycles. The molecule has 1 fully saturated rings. The van der Waals surface area contributed by atoms with Crippen molar-refractivity contribution in [1.29, 1.82) is 0 Å².